The predicted molar refractivity (Wildman–Crippen MR) is 124 cm³/mol. The van der Waals surface area contributed by atoms with E-state index < -0.39 is 0 Å². The van der Waals surface area contributed by atoms with Crippen LogP contribution < -0.4 is 19.5 Å². The van der Waals surface area contributed by atoms with Crippen LogP contribution in [0.25, 0.3) is 0 Å². The predicted octanol–water partition coefficient (Wildman–Crippen LogP) is 5.70. The maximum Gasteiger partial charge on any atom is 0.165 e. The Hall–Kier alpha value is -3.47. The number of aryl methyl sites for hydroxylation is 1. The van der Waals surface area contributed by atoms with Gasteiger partial charge < -0.3 is 19.5 Å². The van der Waals surface area contributed by atoms with E-state index in [1.54, 1.807) is 39.5 Å². The number of Topliss-reactive ketones (excluding diaryl/α,β-unsaturated/α-hetero) is 1. The Balaban J connectivity index is 1.86. The van der Waals surface area contributed by atoms with Crippen LogP contribution in [0.3, 0.4) is 0 Å². The van der Waals surface area contributed by atoms with Gasteiger partial charge >= 0.3 is 0 Å². The van der Waals surface area contributed by atoms with Crippen LogP contribution in [-0.4, -0.2) is 27.1 Å². The van der Waals surface area contributed by atoms with Gasteiger partial charge in [0, 0.05) is 17.7 Å². The first-order chi connectivity index (χ1) is 15.1. The molecular weight excluding hydrogens is 390 g/mol. The van der Waals surface area contributed by atoms with Crippen LogP contribution in [-0.2, 0) is 6.42 Å². The number of carbonyl (C=O) groups excluding carboxylic acids is 1. The molecule has 0 aliphatic heterocycles. The lowest BCUT2D eigenvalue weighted by molar-refractivity contribution is 0.0976. The highest BCUT2D eigenvalue weighted by molar-refractivity contribution is 5.97. The average Bonchev–Trinajstić information content (AvgIpc) is 2.83. The zero-order valence-corrected chi connectivity index (χ0v) is 18.5. The third kappa shape index (κ3) is 5.57. The van der Waals surface area contributed by atoms with Crippen molar-refractivity contribution in [1.29, 1.82) is 0 Å². The lowest BCUT2D eigenvalue weighted by Crippen LogP contribution is -2.16. The van der Waals surface area contributed by atoms with E-state index in [1.165, 1.54) is 5.56 Å². The molecule has 31 heavy (non-hydrogen) atoms. The number of anilines is 1. The van der Waals surface area contributed by atoms with Crippen molar-refractivity contribution in [2.45, 2.75) is 25.8 Å². The second kappa shape index (κ2) is 10.5. The fourth-order valence-corrected chi connectivity index (χ4v) is 3.44. The number of nitrogens with one attached hydrogen (secondary N) is 1. The number of hydrogen-bond acceptors (Lipinski definition) is 5. The van der Waals surface area contributed by atoms with Gasteiger partial charge in [0.05, 0.1) is 27.4 Å². The first kappa shape index (κ1) is 22.2. The third-order valence-corrected chi connectivity index (χ3v) is 5.32. The molecule has 0 aromatic heterocycles. The molecule has 0 radical (unpaired) electrons. The van der Waals surface area contributed by atoms with Gasteiger partial charge in [-0.15, -0.1) is 0 Å². The van der Waals surface area contributed by atoms with Crippen molar-refractivity contribution in [2.75, 3.05) is 26.6 Å². The number of carbonyl (C=O) groups is 1. The van der Waals surface area contributed by atoms with Crippen LogP contribution >= 0.6 is 0 Å². The Bertz CT molecular complexity index is 997. The molecule has 5 nitrogen and oxygen atoms in total. The van der Waals surface area contributed by atoms with Crippen molar-refractivity contribution in [2.24, 2.45) is 0 Å². The van der Waals surface area contributed by atoms with Crippen LogP contribution in [0.4, 0.5) is 5.69 Å². The molecule has 0 aliphatic rings. The Labute approximate surface area is 184 Å². The Kier molecular flexibility index (Phi) is 7.55. The third-order valence-electron chi connectivity index (χ3n) is 5.32. The summed E-state index contributed by atoms with van der Waals surface area (Å²) >= 11 is 0. The highest BCUT2D eigenvalue weighted by atomic mass is 16.5. The summed E-state index contributed by atoms with van der Waals surface area (Å²) in [6, 6.07) is 21.1. The largest absolute Gasteiger partial charge is 0.497 e. The second-order valence-corrected chi connectivity index (χ2v) is 7.22. The summed E-state index contributed by atoms with van der Waals surface area (Å²) in [6.45, 7) is 2.13. The van der Waals surface area contributed by atoms with Crippen molar-refractivity contribution < 1.29 is 19.0 Å². The molecule has 0 heterocycles. The molecule has 1 unspecified atom stereocenters. The molecule has 0 aliphatic carbocycles. The lowest BCUT2D eigenvalue weighted by Gasteiger charge is -2.21. The zero-order chi connectivity index (χ0) is 22.2. The van der Waals surface area contributed by atoms with Crippen LogP contribution in [0.15, 0.2) is 66.7 Å². The minimum Gasteiger partial charge on any atom is -0.497 e. The normalized spacial score (nSPS) is 11.5. The summed E-state index contributed by atoms with van der Waals surface area (Å²) < 4.78 is 15.9. The molecule has 162 valence electrons. The number of ketones is 1. The van der Waals surface area contributed by atoms with Crippen LogP contribution in [0.5, 0.6) is 17.2 Å². The van der Waals surface area contributed by atoms with E-state index in [0.717, 1.165) is 23.4 Å². The Morgan fingerprint density at radius 2 is 1.52 bits per heavy atom. The number of rotatable bonds is 10. The lowest BCUT2D eigenvalue weighted by atomic mass is 9.97. The number of benzene rings is 3. The minimum atomic E-state index is -0.195. The highest BCUT2D eigenvalue weighted by Gasteiger charge is 2.19. The van der Waals surface area contributed by atoms with E-state index in [2.05, 4.69) is 36.5 Å². The first-order valence-electron chi connectivity index (χ1n) is 10.3. The first-order valence-corrected chi connectivity index (χ1v) is 10.3. The Morgan fingerprint density at radius 3 is 2.10 bits per heavy atom. The zero-order valence-electron chi connectivity index (χ0n) is 18.5. The minimum absolute atomic E-state index is 0.0134. The van der Waals surface area contributed by atoms with Crippen LogP contribution in [0.2, 0.25) is 0 Å². The average molecular weight is 420 g/mol. The van der Waals surface area contributed by atoms with Gasteiger partial charge in [0.25, 0.3) is 0 Å². The molecule has 0 bridgehead atoms. The molecule has 5 heteroatoms. The van der Waals surface area contributed by atoms with E-state index in [4.69, 9.17) is 14.2 Å². The summed E-state index contributed by atoms with van der Waals surface area (Å²) in [5.41, 5.74) is 3.83. The SMILES string of the molecule is CCc1ccc(NC(CC(=O)c2ccc(OC)c(OC)c2)c2ccc(OC)cc2)cc1. The molecule has 0 spiro atoms. The molecule has 3 rings (SSSR count). The molecule has 3 aromatic carbocycles. The van der Waals surface area contributed by atoms with Crippen molar-refractivity contribution in [3.8, 4) is 17.2 Å². The van der Waals surface area contributed by atoms with E-state index in [9.17, 15) is 4.79 Å². The molecular formula is C26H29NO4. The highest BCUT2D eigenvalue weighted by Crippen LogP contribution is 2.30. The standard InChI is InChI=1S/C26H29NO4/c1-5-18-6-11-21(12-7-18)27-23(19-8-13-22(29-2)14-9-19)17-24(28)20-10-15-25(30-3)26(16-20)31-4/h6-16,23,27H,5,17H2,1-4H3. The van der Waals surface area contributed by atoms with E-state index in [1.807, 2.05) is 24.3 Å². The van der Waals surface area contributed by atoms with Crippen molar-refractivity contribution in [3.05, 3.63) is 83.4 Å². The molecule has 0 amide bonds. The monoisotopic (exact) mass is 419 g/mol. The van der Waals surface area contributed by atoms with E-state index in [0.29, 0.717) is 17.1 Å². The topological polar surface area (TPSA) is 56.8 Å². The fourth-order valence-electron chi connectivity index (χ4n) is 3.44. The van der Waals surface area contributed by atoms with Crippen molar-refractivity contribution in [3.63, 3.8) is 0 Å². The summed E-state index contributed by atoms with van der Waals surface area (Å²) in [5, 5.41) is 3.52. The quantitative estimate of drug-likeness (QED) is 0.427. The van der Waals surface area contributed by atoms with Crippen LogP contribution in [0, 0.1) is 0 Å². The molecule has 0 saturated heterocycles. The molecule has 0 saturated carbocycles. The summed E-state index contributed by atoms with van der Waals surface area (Å²) in [5.74, 6) is 1.93. The van der Waals surface area contributed by atoms with E-state index >= 15 is 0 Å². The Morgan fingerprint density at radius 1 is 0.839 bits per heavy atom. The molecule has 1 atom stereocenters. The second-order valence-electron chi connectivity index (χ2n) is 7.22. The maximum atomic E-state index is 13.1. The smallest absolute Gasteiger partial charge is 0.165 e. The van der Waals surface area contributed by atoms with Gasteiger partial charge in [-0.25, -0.2) is 0 Å². The van der Waals surface area contributed by atoms with Crippen molar-refractivity contribution in [1.82, 2.24) is 0 Å². The van der Waals surface area contributed by atoms with Gasteiger partial charge in [0.15, 0.2) is 17.3 Å². The van der Waals surface area contributed by atoms with Gasteiger partial charge in [-0.1, -0.05) is 31.2 Å². The van der Waals surface area contributed by atoms with Gasteiger partial charge in [-0.05, 0) is 60.0 Å². The number of methoxy groups -OCH3 is 3. The van der Waals surface area contributed by atoms with Gasteiger partial charge in [-0.3, -0.25) is 4.79 Å². The summed E-state index contributed by atoms with van der Waals surface area (Å²) in [7, 11) is 4.78. The number of ether oxygens (including phenoxy) is 3. The molecule has 1 N–H and O–H groups in total. The maximum absolute atomic E-state index is 13.1. The molecule has 0 fully saturated rings. The van der Waals surface area contributed by atoms with Crippen molar-refractivity contribution >= 4 is 11.5 Å². The summed E-state index contributed by atoms with van der Waals surface area (Å²) in [4.78, 5) is 13.1. The van der Waals surface area contributed by atoms with Crippen LogP contribution in [0.1, 0.15) is 40.9 Å². The fraction of sp³-hybridized carbons (Fsp3) is 0.269. The van der Waals surface area contributed by atoms with Gasteiger partial charge in [0.2, 0.25) is 0 Å². The number of hydrogen-bond donors (Lipinski definition) is 1. The van der Waals surface area contributed by atoms with E-state index in [-0.39, 0.29) is 18.2 Å². The van der Waals surface area contributed by atoms with Gasteiger partial charge in [0.1, 0.15) is 5.75 Å². The molecule has 3 aromatic rings. The summed E-state index contributed by atoms with van der Waals surface area (Å²) in [6.07, 6.45) is 1.28. The van der Waals surface area contributed by atoms with Gasteiger partial charge in [-0.2, -0.15) is 0 Å².